The highest BCUT2D eigenvalue weighted by atomic mass is 127. The third-order valence-electron chi connectivity index (χ3n) is 1.39. The van der Waals surface area contributed by atoms with Crippen molar-refractivity contribution in [3.8, 4) is 5.75 Å². The van der Waals surface area contributed by atoms with Gasteiger partial charge in [-0.3, -0.25) is 0 Å². The van der Waals surface area contributed by atoms with Crippen molar-refractivity contribution in [2.24, 2.45) is 0 Å². The maximum Gasteiger partial charge on any atom is 0.573 e. The van der Waals surface area contributed by atoms with Gasteiger partial charge in [-0.15, -0.1) is 13.2 Å². The molecule has 0 saturated heterocycles. The Morgan fingerprint density at radius 1 is 1.31 bits per heavy atom. The van der Waals surface area contributed by atoms with Crippen LogP contribution in [0.1, 0.15) is 12.0 Å². The van der Waals surface area contributed by atoms with Gasteiger partial charge in [0.25, 0.3) is 6.43 Å². The molecule has 0 saturated carbocycles. The van der Waals surface area contributed by atoms with Crippen LogP contribution in [0.4, 0.5) is 26.3 Å². The molecule has 90 valence electrons. The largest absolute Gasteiger partial charge is 0.573 e. The summed E-state index contributed by atoms with van der Waals surface area (Å²) >= 11 is 1.38. The molecule has 1 heterocycles. The molecule has 0 N–H and O–H groups in total. The molecule has 16 heavy (non-hydrogen) atoms. The third kappa shape index (κ3) is 3.39. The Balaban J connectivity index is 3.24. The van der Waals surface area contributed by atoms with Crippen LogP contribution < -0.4 is 4.74 Å². The van der Waals surface area contributed by atoms with E-state index < -0.39 is 30.0 Å². The summed E-state index contributed by atoms with van der Waals surface area (Å²) in [5.74, 6) is -2.96. The number of aromatic nitrogens is 1. The van der Waals surface area contributed by atoms with Gasteiger partial charge in [-0.25, -0.2) is 13.8 Å². The van der Waals surface area contributed by atoms with Gasteiger partial charge in [0.05, 0.1) is 0 Å². The monoisotopic (exact) mass is 357 g/mol. The van der Waals surface area contributed by atoms with Gasteiger partial charge in [0.2, 0.25) is 5.95 Å². The minimum Gasteiger partial charge on any atom is -0.405 e. The standard InChI is InChI=1S/C7H2F6INO/c8-5(9)4-2(16-7(11,12)13)1-3(14)15-6(4)10/h1,5H. The number of ether oxygens (including phenoxy) is 1. The molecular formula is C7H2F6INO. The summed E-state index contributed by atoms with van der Waals surface area (Å²) < 4.78 is 76.0. The first-order valence-electron chi connectivity index (χ1n) is 3.60. The number of alkyl halides is 5. The molecule has 0 fully saturated rings. The molecule has 0 atom stereocenters. The van der Waals surface area contributed by atoms with Crippen molar-refractivity contribution in [1.29, 1.82) is 0 Å². The van der Waals surface area contributed by atoms with Crippen molar-refractivity contribution in [2.75, 3.05) is 0 Å². The van der Waals surface area contributed by atoms with Crippen molar-refractivity contribution < 1.29 is 31.1 Å². The molecule has 0 aliphatic heterocycles. The van der Waals surface area contributed by atoms with Gasteiger partial charge in [-0.2, -0.15) is 4.39 Å². The van der Waals surface area contributed by atoms with E-state index >= 15 is 0 Å². The minimum absolute atomic E-state index is 0.223. The van der Waals surface area contributed by atoms with E-state index in [9.17, 15) is 26.3 Å². The van der Waals surface area contributed by atoms with Gasteiger partial charge >= 0.3 is 6.36 Å². The molecule has 0 aliphatic carbocycles. The van der Waals surface area contributed by atoms with Crippen molar-refractivity contribution in [3.05, 3.63) is 21.3 Å². The fourth-order valence-electron chi connectivity index (χ4n) is 0.881. The van der Waals surface area contributed by atoms with Crippen LogP contribution in [0, 0.1) is 9.65 Å². The van der Waals surface area contributed by atoms with Crippen molar-refractivity contribution in [1.82, 2.24) is 4.98 Å². The van der Waals surface area contributed by atoms with Crippen molar-refractivity contribution in [3.63, 3.8) is 0 Å². The van der Waals surface area contributed by atoms with Crippen LogP contribution in [0.25, 0.3) is 0 Å². The van der Waals surface area contributed by atoms with E-state index in [4.69, 9.17) is 0 Å². The number of hydrogen-bond acceptors (Lipinski definition) is 2. The van der Waals surface area contributed by atoms with Gasteiger partial charge in [-0.05, 0) is 22.6 Å². The topological polar surface area (TPSA) is 22.1 Å². The van der Waals surface area contributed by atoms with E-state index in [0.717, 1.165) is 0 Å². The summed E-state index contributed by atoms with van der Waals surface area (Å²) in [6.07, 6.45) is -8.61. The summed E-state index contributed by atoms with van der Waals surface area (Å²) in [6, 6.07) is 0.582. The number of hydrogen-bond donors (Lipinski definition) is 0. The van der Waals surface area contributed by atoms with E-state index in [-0.39, 0.29) is 3.70 Å². The first-order chi connectivity index (χ1) is 7.20. The number of halogens is 7. The first-order valence-corrected chi connectivity index (χ1v) is 4.68. The zero-order valence-corrected chi connectivity index (χ0v) is 9.31. The quantitative estimate of drug-likeness (QED) is 0.458. The Hall–Kier alpha value is -0.740. The van der Waals surface area contributed by atoms with Gasteiger partial charge < -0.3 is 4.74 Å². The predicted octanol–water partition coefficient (Wildman–Crippen LogP) is 3.66. The average molecular weight is 357 g/mol. The fourth-order valence-corrected chi connectivity index (χ4v) is 1.38. The number of pyridine rings is 1. The van der Waals surface area contributed by atoms with Crippen LogP contribution in [0.2, 0.25) is 0 Å². The van der Waals surface area contributed by atoms with Crippen molar-refractivity contribution >= 4 is 22.6 Å². The molecule has 0 radical (unpaired) electrons. The van der Waals surface area contributed by atoms with Gasteiger partial charge in [-0.1, -0.05) is 0 Å². The minimum atomic E-state index is -5.17. The van der Waals surface area contributed by atoms with Gasteiger partial charge in [0.15, 0.2) is 0 Å². The Morgan fingerprint density at radius 2 is 1.88 bits per heavy atom. The second-order valence-electron chi connectivity index (χ2n) is 2.50. The molecule has 1 rings (SSSR count). The molecule has 0 bridgehead atoms. The van der Waals surface area contributed by atoms with E-state index in [2.05, 4.69) is 9.72 Å². The Kier molecular flexibility index (Phi) is 3.86. The molecule has 2 nitrogen and oxygen atoms in total. The van der Waals surface area contributed by atoms with E-state index in [0.29, 0.717) is 6.07 Å². The van der Waals surface area contributed by atoms with Gasteiger partial charge in [0.1, 0.15) is 15.0 Å². The molecule has 0 spiro atoms. The molecule has 9 heteroatoms. The molecule has 0 amide bonds. The normalized spacial score (nSPS) is 12.0. The summed E-state index contributed by atoms with van der Waals surface area (Å²) in [5.41, 5.74) is -1.50. The maximum absolute atomic E-state index is 12.9. The Morgan fingerprint density at radius 3 is 2.31 bits per heavy atom. The lowest BCUT2D eigenvalue weighted by molar-refractivity contribution is -0.275. The second kappa shape index (κ2) is 4.63. The summed E-state index contributed by atoms with van der Waals surface area (Å²) in [4.78, 5) is 2.98. The first kappa shape index (κ1) is 13.3. The van der Waals surface area contributed by atoms with E-state index in [1.165, 1.54) is 22.6 Å². The fraction of sp³-hybridized carbons (Fsp3) is 0.286. The summed E-state index contributed by atoms with van der Waals surface area (Å²) in [5, 5.41) is 0. The lowest BCUT2D eigenvalue weighted by Crippen LogP contribution is -2.19. The van der Waals surface area contributed by atoms with Crippen LogP contribution >= 0.6 is 22.6 Å². The maximum atomic E-state index is 12.9. The van der Waals surface area contributed by atoms with Crippen molar-refractivity contribution in [2.45, 2.75) is 12.8 Å². The van der Waals surface area contributed by atoms with Crippen LogP contribution in [0.15, 0.2) is 6.07 Å². The van der Waals surface area contributed by atoms with Crippen LogP contribution in [-0.2, 0) is 0 Å². The van der Waals surface area contributed by atoms with Gasteiger partial charge in [0, 0.05) is 6.07 Å². The highest BCUT2D eigenvalue weighted by Gasteiger charge is 2.34. The lowest BCUT2D eigenvalue weighted by Gasteiger charge is -2.13. The molecule has 0 aliphatic rings. The molecular weight excluding hydrogens is 355 g/mol. The molecule has 0 aromatic carbocycles. The van der Waals surface area contributed by atoms with Crippen LogP contribution in [0.3, 0.4) is 0 Å². The SMILES string of the molecule is Fc1nc(I)cc(OC(F)(F)F)c1C(F)F. The highest BCUT2D eigenvalue weighted by molar-refractivity contribution is 14.1. The highest BCUT2D eigenvalue weighted by Crippen LogP contribution is 2.34. The number of nitrogens with zero attached hydrogens (tertiary/aromatic N) is 1. The lowest BCUT2D eigenvalue weighted by atomic mass is 10.2. The Bertz CT molecular complexity index is 393. The predicted molar refractivity (Wildman–Crippen MR) is 48.6 cm³/mol. The van der Waals surface area contributed by atoms with E-state index in [1.54, 1.807) is 0 Å². The van der Waals surface area contributed by atoms with E-state index in [1.807, 2.05) is 0 Å². The zero-order valence-electron chi connectivity index (χ0n) is 7.16. The second-order valence-corrected chi connectivity index (χ2v) is 3.60. The average Bonchev–Trinajstić information content (AvgIpc) is 1.96. The van der Waals surface area contributed by atoms with Crippen LogP contribution in [0.5, 0.6) is 5.75 Å². The Labute approximate surface area is 98.7 Å². The van der Waals surface area contributed by atoms with Crippen LogP contribution in [-0.4, -0.2) is 11.3 Å². The smallest absolute Gasteiger partial charge is 0.405 e. The molecule has 1 aromatic rings. The molecule has 0 unspecified atom stereocenters. The third-order valence-corrected chi connectivity index (χ3v) is 1.94. The summed E-state index contributed by atoms with van der Waals surface area (Å²) in [7, 11) is 0. The zero-order chi connectivity index (χ0) is 12.5. The molecule has 1 aromatic heterocycles. The summed E-state index contributed by atoms with van der Waals surface area (Å²) in [6.45, 7) is 0. The number of rotatable bonds is 2.